The average molecular weight is 377 g/mol. The Morgan fingerprint density at radius 2 is 2.04 bits per heavy atom. The topological polar surface area (TPSA) is 75.0 Å². The van der Waals surface area contributed by atoms with Gasteiger partial charge in [-0.05, 0) is 61.7 Å². The largest absolute Gasteiger partial charge is 0.494 e. The molecule has 1 aromatic heterocycles. The van der Waals surface area contributed by atoms with Crippen molar-refractivity contribution in [2.24, 2.45) is 0 Å². The molecule has 3 aromatic rings. The van der Waals surface area contributed by atoms with E-state index in [1.807, 2.05) is 32.9 Å². The zero-order chi connectivity index (χ0) is 19.4. The third kappa shape index (κ3) is 4.33. The van der Waals surface area contributed by atoms with Gasteiger partial charge < -0.3 is 4.74 Å². The maximum Gasteiger partial charge on any atom is 0.268 e. The molecule has 0 fully saturated rings. The van der Waals surface area contributed by atoms with E-state index in [0.29, 0.717) is 11.7 Å². The molecule has 3 rings (SSSR count). The molecule has 1 heterocycles. The molecule has 1 N–H and O–H groups in total. The predicted octanol–water partition coefficient (Wildman–Crippen LogP) is 4.86. The highest BCUT2D eigenvalue weighted by atomic mass is 32.1. The van der Waals surface area contributed by atoms with Crippen LogP contribution in [0.5, 0.6) is 5.75 Å². The van der Waals surface area contributed by atoms with Crippen LogP contribution in [0.1, 0.15) is 23.6 Å². The van der Waals surface area contributed by atoms with Crippen molar-refractivity contribution >= 4 is 38.7 Å². The fraction of sp³-hybridized carbons (Fsp3) is 0.190. The number of nitrogens with zero attached hydrogens (tertiary/aromatic N) is 2. The second-order valence-corrected chi connectivity index (χ2v) is 7.10. The van der Waals surface area contributed by atoms with Crippen LogP contribution in [0.15, 0.2) is 42.0 Å². The summed E-state index contributed by atoms with van der Waals surface area (Å²) < 4.78 is 6.40. The number of nitriles is 1. The summed E-state index contributed by atoms with van der Waals surface area (Å²) in [6, 6.07) is 13.3. The van der Waals surface area contributed by atoms with E-state index in [9.17, 15) is 10.1 Å². The lowest BCUT2D eigenvalue weighted by Crippen LogP contribution is -2.13. The molecule has 1 amide bonds. The van der Waals surface area contributed by atoms with E-state index in [1.54, 1.807) is 30.3 Å². The van der Waals surface area contributed by atoms with Crippen molar-refractivity contribution < 1.29 is 9.53 Å². The van der Waals surface area contributed by atoms with E-state index in [1.165, 1.54) is 11.3 Å². The van der Waals surface area contributed by atoms with Gasteiger partial charge in [-0.15, -0.1) is 0 Å². The lowest BCUT2D eigenvalue weighted by Gasteiger charge is -2.03. The number of hydrogen-bond acceptors (Lipinski definition) is 5. The van der Waals surface area contributed by atoms with Crippen molar-refractivity contribution in [1.29, 1.82) is 5.26 Å². The molecule has 0 aliphatic rings. The van der Waals surface area contributed by atoms with E-state index >= 15 is 0 Å². The molecule has 2 aromatic carbocycles. The second kappa shape index (κ2) is 8.02. The van der Waals surface area contributed by atoms with Crippen LogP contribution >= 0.6 is 11.3 Å². The van der Waals surface area contributed by atoms with Crippen LogP contribution in [0.25, 0.3) is 16.3 Å². The van der Waals surface area contributed by atoms with E-state index in [2.05, 4.69) is 16.4 Å². The third-order valence-corrected chi connectivity index (χ3v) is 4.84. The molecule has 0 atom stereocenters. The van der Waals surface area contributed by atoms with Crippen LogP contribution in [0, 0.1) is 25.2 Å². The number of amides is 1. The quantitative estimate of drug-likeness (QED) is 0.509. The average Bonchev–Trinajstić information content (AvgIpc) is 3.03. The highest BCUT2D eigenvalue weighted by Gasteiger charge is 2.13. The zero-order valence-electron chi connectivity index (χ0n) is 15.4. The number of benzene rings is 2. The van der Waals surface area contributed by atoms with Gasteiger partial charge in [0.25, 0.3) is 5.91 Å². The first-order valence-corrected chi connectivity index (χ1v) is 9.35. The van der Waals surface area contributed by atoms with Crippen LogP contribution < -0.4 is 10.1 Å². The highest BCUT2D eigenvalue weighted by Crippen LogP contribution is 2.29. The monoisotopic (exact) mass is 377 g/mol. The van der Waals surface area contributed by atoms with Gasteiger partial charge in [0.05, 0.1) is 16.8 Å². The molecule has 5 nitrogen and oxygen atoms in total. The van der Waals surface area contributed by atoms with Gasteiger partial charge in [-0.2, -0.15) is 5.26 Å². The summed E-state index contributed by atoms with van der Waals surface area (Å²) >= 11 is 1.40. The Labute approximate surface area is 161 Å². The Kier molecular flexibility index (Phi) is 5.53. The van der Waals surface area contributed by atoms with Crippen molar-refractivity contribution in [3.05, 3.63) is 58.7 Å². The number of anilines is 1. The molecular weight excluding hydrogens is 358 g/mol. The van der Waals surface area contributed by atoms with Gasteiger partial charge >= 0.3 is 0 Å². The Hall–Kier alpha value is -3.17. The first-order chi connectivity index (χ1) is 13.0. The fourth-order valence-electron chi connectivity index (χ4n) is 2.73. The number of nitrogens with one attached hydrogen (secondary N) is 1. The lowest BCUT2D eigenvalue weighted by molar-refractivity contribution is -0.112. The number of carbonyl (C=O) groups excluding carboxylic acids is 1. The molecule has 27 heavy (non-hydrogen) atoms. The summed E-state index contributed by atoms with van der Waals surface area (Å²) in [7, 11) is 0. The summed E-state index contributed by atoms with van der Waals surface area (Å²) in [6.45, 7) is 6.52. The maximum atomic E-state index is 12.5. The predicted molar refractivity (Wildman–Crippen MR) is 109 cm³/mol. The highest BCUT2D eigenvalue weighted by molar-refractivity contribution is 7.22. The minimum atomic E-state index is -0.472. The first-order valence-electron chi connectivity index (χ1n) is 8.54. The van der Waals surface area contributed by atoms with Gasteiger partial charge in [-0.1, -0.05) is 29.5 Å². The number of hydrogen-bond donors (Lipinski definition) is 1. The van der Waals surface area contributed by atoms with E-state index in [0.717, 1.165) is 32.7 Å². The number of thiazole rings is 1. The third-order valence-electron chi connectivity index (χ3n) is 3.92. The fourth-order valence-corrected chi connectivity index (χ4v) is 3.77. The Balaban J connectivity index is 1.81. The standard InChI is InChI=1S/C21H19N3O2S/c1-4-26-17-7-5-15(6-8-17)11-16(12-22)20(25)24-21-23-19-14(3)9-13(2)10-18(19)27-21/h5-11H,4H2,1-3H3,(H,23,24,25)/b16-11+. The SMILES string of the molecule is CCOc1ccc(/C=C(\C#N)C(=O)Nc2nc3c(C)cc(C)cc3s2)cc1. The minimum absolute atomic E-state index is 0.0197. The minimum Gasteiger partial charge on any atom is -0.494 e. The van der Waals surface area contributed by atoms with Crippen molar-refractivity contribution in [3.8, 4) is 11.8 Å². The molecule has 0 radical (unpaired) electrons. The first kappa shape index (κ1) is 18.6. The molecule has 0 bridgehead atoms. The number of aromatic nitrogens is 1. The van der Waals surface area contributed by atoms with Gasteiger partial charge in [0.1, 0.15) is 17.4 Å². The number of carbonyl (C=O) groups is 1. The molecule has 0 spiro atoms. The van der Waals surface area contributed by atoms with Crippen molar-refractivity contribution in [2.45, 2.75) is 20.8 Å². The van der Waals surface area contributed by atoms with Crippen molar-refractivity contribution in [1.82, 2.24) is 4.98 Å². The van der Waals surface area contributed by atoms with Crippen LogP contribution in [-0.4, -0.2) is 17.5 Å². The Bertz CT molecular complexity index is 1060. The summed E-state index contributed by atoms with van der Waals surface area (Å²) in [5, 5.41) is 12.6. The summed E-state index contributed by atoms with van der Waals surface area (Å²) in [5.41, 5.74) is 3.85. The van der Waals surface area contributed by atoms with Crippen LogP contribution in [0.2, 0.25) is 0 Å². The van der Waals surface area contributed by atoms with E-state index in [4.69, 9.17) is 4.74 Å². The molecule has 0 unspecified atom stereocenters. The number of ether oxygens (including phenoxy) is 1. The van der Waals surface area contributed by atoms with E-state index < -0.39 is 5.91 Å². The molecular formula is C21H19N3O2S. The Morgan fingerprint density at radius 1 is 1.30 bits per heavy atom. The molecule has 0 aliphatic heterocycles. The zero-order valence-corrected chi connectivity index (χ0v) is 16.2. The maximum absolute atomic E-state index is 12.5. The van der Waals surface area contributed by atoms with Gasteiger partial charge in [-0.25, -0.2) is 4.98 Å². The summed E-state index contributed by atoms with van der Waals surface area (Å²) in [4.78, 5) is 17.0. The molecule has 0 saturated carbocycles. The summed E-state index contributed by atoms with van der Waals surface area (Å²) in [5.74, 6) is 0.276. The second-order valence-electron chi connectivity index (χ2n) is 6.07. The summed E-state index contributed by atoms with van der Waals surface area (Å²) in [6.07, 6.45) is 1.55. The molecule has 0 aliphatic carbocycles. The number of fused-ring (bicyclic) bond motifs is 1. The van der Waals surface area contributed by atoms with Gasteiger partial charge in [-0.3, -0.25) is 10.1 Å². The van der Waals surface area contributed by atoms with Crippen molar-refractivity contribution in [2.75, 3.05) is 11.9 Å². The molecule has 136 valence electrons. The normalized spacial score (nSPS) is 11.3. The Morgan fingerprint density at radius 3 is 2.70 bits per heavy atom. The van der Waals surface area contributed by atoms with Gasteiger partial charge in [0.15, 0.2) is 5.13 Å². The molecule has 0 saturated heterocycles. The van der Waals surface area contributed by atoms with Crippen LogP contribution in [0.3, 0.4) is 0 Å². The molecule has 6 heteroatoms. The number of rotatable bonds is 5. The van der Waals surface area contributed by atoms with Crippen LogP contribution in [-0.2, 0) is 4.79 Å². The smallest absolute Gasteiger partial charge is 0.268 e. The van der Waals surface area contributed by atoms with Crippen molar-refractivity contribution in [3.63, 3.8) is 0 Å². The van der Waals surface area contributed by atoms with E-state index in [-0.39, 0.29) is 5.57 Å². The van der Waals surface area contributed by atoms with Gasteiger partial charge in [0, 0.05) is 0 Å². The lowest BCUT2D eigenvalue weighted by atomic mass is 10.1. The number of aryl methyl sites for hydroxylation is 2. The van der Waals surface area contributed by atoms with Gasteiger partial charge in [0.2, 0.25) is 0 Å². The van der Waals surface area contributed by atoms with Crippen LogP contribution in [0.4, 0.5) is 5.13 Å².